The number of fused-ring (bicyclic) bond motifs is 3. The number of rotatable bonds is 4. The van der Waals surface area contributed by atoms with Gasteiger partial charge >= 0.3 is 0 Å². The summed E-state index contributed by atoms with van der Waals surface area (Å²) >= 11 is 1.64. The number of nitrogens with zero attached hydrogens (tertiary/aromatic N) is 1. The predicted octanol–water partition coefficient (Wildman–Crippen LogP) is 4.01. The summed E-state index contributed by atoms with van der Waals surface area (Å²) < 4.78 is 11.9. The quantitative estimate of drug-likeness (QED) is 0.851. The monoisotopic (exact) mass is 301 g/mol. The molecule has 0 saturated carbocycles. The summed E-state index contributed by atoms with van der Waals surface area (Å²) in [6, 6.07) is 9.96. The Morgan fingerprint density at radius 1 is 0.952 bits per heavy atom. The number of benzene rings is 1. The SMILES string of the molecule is c1cc(Oc2ccc(OC3CN4CCC3CC4)cc2)cs1. The van der Waals surface area contributed by atoms with Crippen LogP contribution in [0.4, 0.5) is 0 Å². The van der Waals surface area contributed by atoms with Crippen molar-refractivity contribution in [1.82, 2.24) is 4.90 Å². The fourth-order valence-electron chi connectivity index (χ4n) is 3.25. The lowest BCUT2D eigenvalue weighted by Crippen LogP contribution is -2.52. The molecule has 0 aliphatic carbocycles. The van der Waals surface area contributed by atoms with Crippen molar-refractivity contribution in [3.63, 3.8) is 0 Å². The van der Waals surface area contributed by atoms with Crippen molar-refractivity contribution < 1.29 is 9.47 Å². The first-order valence-electron chi connectivity index (χ1n) is 7.56. The smallest absolute Gasteiger partial charge is 0.138 e. The number of thiophene rings is 1. The molecule has 1 aromatic carbocycles. The molecule has 3 saturated heterocycles. The molecule has 1 atom stereocenters. The van der Waals surface area contributed by atoms with Gasteiger partial charge in [0.05, 0.1) is 0 Å². The van der Waals surface area contributed by atoms with Crippen LogP contribution >= 0.6 is 11.3 Å². The summed E-state index contributed by atoms with van der Waals surface area (Å²) in [5.74, 6) is 3.43. The van der Waals surface area contributed by atoms with Crippen molar-refractivity contribution in [3.05, 3.63) is 41.1 Å². The van der Waals surface area contributed by atoms with E-state index < -0.39 is 0 Å². The molecule has 3 nitrogen and oxygen atoms in total. The first-order valence-corrected chi connectivity index (χ1v) is 8.50. The van der Waals surface area contributed by atoms with Crippen molar-refractivity contribution >= 4 is 11.3 Å². The summed E-state index contributed by atoms with van der Waals surface area (Å²) in [5.41, 5.74) is 0. The maximum absolute atomic E-state index is 6.18. The summed E-state index contributed by atoms with van der Waals surface area (Å²) in [6.07, 6.45) is 2.92. The van der Waals surface area contributed by atoms with Gasteiger partial charge < -0.3 is 9.47 Å². The molecule has 3 fully saturated rings. The maximum Gasteiger partial charge on any atom is 0.138 e. The van der Waals surface area contributed by atoms with Crippen molar-refractivity contribution in [3.8, 4) is 17.2 Å². The zero-order valence-electron chi connectivity index (χ0n) is 11.9. The minimum atomic E-state index is 0.358. The first kappa shape index (κ1) is 13.2. The van der Waals surface area contributed by atoms with Crippen LogP contribution in [-0.2, 0) is 0 Å². The van der Waals surface area contributed by atoms with E-state index >= 15 is 0 Å². The van der Waals surface area contributed by atoms with E-state index in [0.29, 0.717) is 6.10 Å². The molecule has 4 heterocycles. The Morgan fingerprint density at radius 2 is 1.71 bits per heavy atom. The maximum atomic E-state index is 6.18. The lowest BCUT2D eigenvalue weighted by molar-refractivity contribution is -0.00777. The van der Waals surface area contributed by atoms with Gasteiger partial charge in [0.15, 0.2) is 0 Å². The van der Waals surface area contributed by atoms with E-state index in [0.717, 1.165) is 29.7 Å². The first-order chi connectivity index (χ1) is 10.4. The Labute approximate surface area is 129 Å². The van der Waals surface area contributed by atoms with Crippen LogP contribution in [0.3, 0.4) is 0 Å². The van der Waals surface area contributed by atoms with Crippen molar-refractivity contribution in [2.24, 2.45) is 5.92 Å². The van der Waals surface area contributed by atoms with Gasteiger partial charge in [0.1, 0.15) is 23.4 Å². The molecular weight excluding hydrogens is 282 g/mol. The van der Waals surface area contributed by atoms with Gasteiger partial charge in [0.2, 0.25) is 0 Å². The number of ether oxygens (including phenoxy) is 2. The molecule has 1 aromatic heterocycles. The fraction of sp³-hybridized carbons (Fsp3) is 0.412. The van der Waals surface area contributed by atoms with E-state index in [9.17, 15) is 0 Å². The molecule has 0 spiro atoms. The van der Waals surface area contributed by atoms with Gasteiger partial charge in [0.25, 0.3) is 0 Å². The summed E-state index contributed by atoms with van der Waals surface area (Å²) in [6.45, 7) is 3.58. The van der Waals surface area contributed by atoms with Gasteiger partial charge in [-0.05, 0) is 67.6 Å². The summed E-state index contributed by atoms with van der Waals surface area (Å²) in [7, 11) is 0. The van der Waals surface area contributed by atoms with E-state index in [-0.39, 0.29) is 0 Å². The van der Waals surface area contributed by atoms with Crippen LogP contribution < -0.4 is 9.47 Å². The van der Waals surface area contributed by atoms with Gasteiger partial charge in [-0.3, -0.25) is 4.90 Å². The highest BCUT2D eigenvalue weighted by Crippen LogP contribution is 2.31. The van der Waals surface area contributed by atoms with E-state index in [1.165, 1.54) is 25.9 Å². The van der Waals surface area contributed by atoms with Crippen LogP contribution in [0.15, 0.2) is 41.1 Å². The minimum absolute atomic E-state index is 0.358. The average Bonchev–Trinajstić information content (AvgIpc) is 3.03. The second-order valence-electron chi connectivity index (χ2n) is 5.83. The normalized spacial score (nSPS) is 27.5. The van der Waals surface area contributed by atoms with Crippen LogP contribution in [0.5, 0.6) is 17.2 Å². The second-order valence-corrected chi connectivity index (χ2v) is 6.61. The fourth-order valence-corrected chi connectivity index (χ4v) is 3.80. The van der Waals surface area contributed by atoms with E-state index in [2.05, 4.69) is 4.90 Å². The molecule has 2 bridgehead atoms. The van der Waals surface area contributed by atoms with Crippen molar-refractivity contribution in [1.29, 1.82) is 0 Å². The van der Waals surface area contributed by atoms with Crippen molar-refractivity contribution in [2.45, 2.75) is 18.9 Å². The molecule has 3 aliphatic rings. The molecule has 0 radical (unpaired) electrons. The Hall–Kier alpha value is -1.52. The van der Waals surface area contributed by atoms with Gasteiger partial charge in [-0.15, -0.1) is 11.3 Å². The molecule has 4 heteroatoms. The molecule has 1 unspecified atom stereocenters. The molecule has 2 aromatic rings. The Balaban J connectivity index is 1.40. The molecule has 0 N–H and O–H groups in total. The largest absolute Gasteiger partial charge is 0.489 e. The highest BCUT2D eigenvalue weighted by Gasteiger charge is 2.35. The summed E-state index contributed by atoms with van der Waals surface area (Å²) in [5, 5.41) is 4.01. The Morgan fingerprint density at radius 3 is 2.33 bits per heavy atom. The van der Waals surface area contributed by atoms with Crippen LogP contribution in [0.1, 0.15) is 12.8 Å². The van der Waals surface area contributed by atoms with Gasteiger partial charge in [-0.2, -0.15) is 0 Å². The van der Waals surface area contributed by atoms with Gasteiger partial charge in [-0.25, -0.2) is 0 Å². The van der Waals surface area contributed by atoms with Crippen LogP contribution in [0.2, 0.25) is 0 Å². The van der Waals surface area contributed by atoms with E-state index in [4.69, 9.17) is 9.47 Å². The van der Waals surface area contributed by atoms with Crippen LogP contribution in [-0.4, -0.2) is 30.6 Å². The highest BCUT2D eigenvalue weighted by atomic mass is 32.1. The number of hydrogen-bond donors (Lipinski definition) is 0. The number of hydrogen-bond acceptors (Lipinski definition) is 4. The zero-order chi connectivity index (χ0) is 14.1. The third-order valence-corrected chi connectivity index (χ3v) is 5.10. The zero-order valence-corrected chi connectivity index (χ0v) is 12.7. The third kappa shape index (κ3) is 2.92. The van der Waals surface area contributed by atoms with Gasteiger partial charge in [0, 0.05) is 11.9 Å². The lowest BCUT2D eigenvalue weighted by Gasteiger charge is -2.44. The molecule has 3 aliphatic heterocycles. The topological polar surface area (TPSA) is 21.7 Å². The number of piperidine rings is 3. The van der Waals surface area contributed by atoms with E-state index in [1.807, 2.05) is 41.1 Å². The standard InChI is InChI=1S/C17H19NO2S/c1-3-15(4-2-14(1)19-16-7-10-21-12-16)20-17-11-18-8-5-13(17)6-9-18/h1-4,7,10,12-13,17H,5-6,8-9,11H2. The van der Waals surface area contributed by atoms with Crippen LogP contribution in [0, 0.1) is 5.92 Å². The predicted molar refractivity (Wildman–Crippen MR) is 84.4 cm³/mol. The molecule has 110 valence electrons. The second kappa shape index (κ2) is 5.70. The Bertz CT molecular complexity index is 573. The van der Waals surface area contributed by atoms with Crippen LogP contribution in [0.25, 0.3) is 0 Å². The molecular formula is C17H19NO2S. The minimum Gasteiger partial charge on any atom is -0.489 e. The third-order valence-electron chi connectivity index (χ3n) is 4.44. The molecule has 5 rings (SSSR count). The summed E-state index contributed by atoms with van der Waals surface area (Å²) in [4.78, 5) is 2.51. The Kier molecular flexibility index (Phi) is 3.57. The average molecular weight is 301 g/mol. The van der Waals surface area contributed by atoms with Gasteiger partial charge in [-0.1, -0.05) is 0 Å². The highest BCUT2D eigenvalue weighted by molar-refractivity contribution is 7.08. The lowest BCUT2D eigenvalue weighted by atomic mass is 9.86. The van der Waals surface area contributed by atoms with Crippen molar-refractivity contribution in [2.75, 3.05) is 19.6 Å². The molecule has 21 heavy (non-hydrogen) atoms. The molecule has 0 amide bonds. The van der Waals surface area contributed by atoms with E-state index in [1.54, 1.807) is 11.3 Å².